The second-order valence-corrected chi connectivity index (χ2v) is 5.59. The van der Waals surface area contributed by atoms with Crippen LogP contribution in [0.3, 0.4) is 0 Å². The first kappa shape index (κ1) is 15.2. The fraction of sp³-hybridized carbons (Fsp3) is 0.588. The van der Waals surface area contributed by atoms with Gasteiger partial charge in [0.15, 0.2) is 0 Å². The fourth-order valence-electron chi connectivity index (χ4n) is 3.02. The number of rotatable bonds is 6. The van der Waals surface area contributed by atoms with E-state index in [1.54, 1.807) is 0 Å². The molecule has 1 fully saturated rings. The molecule has 1 saturated carbocycles. The number of hydrogen-bond donors (Lipinski definition) is 1. The van der Waals surface area contributed by atoms with E-state index in [1.807, 2.05) is 25.1 Å². The van der Waals surface area contributed by atoms with E-state index in [4.69, 9.17) is 4.74 Å². The van der Waals surface area contributed by atoms with E-state index in [-0.39, 0.29) is 5.92 Å². The zero-order valence-corrected chi connectivity index (χ0v) is 12.1. The predicted molar refractivity (Wildman–Crippen MR) is 78.6 cm³/mol. The summed E-state index contributed by atoms with van der Waals surface area (Å²) in [5, 5.41) is 9.93. The highest BCUT2D eigenvalue weighted by molar-refractivity contribution is 5.82. The number of carbonyl (C=O) groups excluding carboxylic acids is 1. The first-order valence-electron chi connectivity index (χ1n) is 7.54. The molecular weight excluding hydrogens is 252 g/mol. The van der Waals surface area contributed by atoms with Crippen molar-refractivity contribution in [1.29, 1.82) is 0 Å². The van der Waals surface area contributed by atoms with Gasteiger partial charge in [0, 0.05) is 18.9 Å². The van der Waals surface area contributed by atoms with Crippen molar-refractivity contribution < 1.29 is 14.6 Å². The molecule has 0 aromatic heterocycles. The smallest absolute Gasteiger partial charge is 0.136 e. The molecule has 3 heteroatoms. The predicted octanol–water partition coefficient (Wildman–Crippen LogP) is 2.93. The lowest BCUT2D eigenvalue weighted by molar-refractivity contribution is -0.126. The first-order valence-corrected chi connectivity index (χ1v) is 7.54. The number of aliphatic hydroxyl groups is 1. The summed E-state index contributed by atoms with van der Waals surface area (Å²) in [6.45, 7) is 2.84. The molecule has 3 unspecified atom stereocenters. The Morgan fingerprint density at radius 3 is 2.80 bits per heavy atom. The third kappa shape index (κ3) is 4.15. The molecule has 1 aliphatic carbocycles. The van der Waals surface area contributed by atoms with Crippen molar-refractivity contribution in [2.24, 2.45) is 5.92 Å². The van der Waals surface area contributed by atoms with E-state index in [2.05, 4.69) is 12.1 Å². The molecule has 0 spiro atoms. The van der Waals surface area contributed by atoms with Gasteiger partial charge in [0.1, 0.15) is 5.78 Å². The molecule has 3 nitrogen and oxygen atoms in total. The van der Waals surface area contributed by atoms with Crippen molar-refractivity contribution in [3.63, 3.8) is 0 Å². The van der Waals surface area contributed by atoms with Crippen molar-refractivity contribution >= 4 is 5.78 Å². The highest BCUT2D eigenvalue weighted by Gasteiger charge is 2.30. The summed E-state index contributed by atoms with van der Waals surface area (Å²) in [4.78, 5) is 12.0. The van der Waals surface area contributed by atoms with Gasteiger partial charge in [-0.2, -0.15) is 0 Å². The lowest BCUT2D eigenvalue weighted by Gasteiger charge is -2.29. The van der Waals surface area contributed by atoms with Crippen LogP contribution < -0.4 is 0 Å². The average Bonchev–Trinajstić information content (AvgIpc) is 2.48. The van der Waals surface area contributed by atoms with Crippen molar-refractivity contribution in [2.75, 3.05) is 13.2 Å². The Morgan fingerprint density at radius 1 is 1.35 bits per heavy atom. The SMILES string of the molecule is CCOCC(O)CC1CC(c2ccccc2)CCC1=O. The molecule has 0 bridgehead atoms. The molecule has 0 aliphatic heterocycles. The lowest BCUT2D eigenvalue weighted by atomic mass is 9.75. The van der Waals surface area contributed by atoms with Gasteiger partial charge < -0.3 is 9.84 Å². The van der Waals surface area contributed by atoms with Crippen molar-refractivity contribution in [2.45, 2.75) is 44.6 Å². The van der Waals surface area contributed by atoms with Crippen LogP contribution in [0.15, 0.2) is 30.3 Å². The second kappa shape index (κ2) is 7.55. The highest BCUT2D eigenvalue weighted by atomic mass is 16.5. The molecule has 0 radical (unpaired) electrons. The Balaban J connectivity index is 1.93. The third-order valence-electron chi connectivity index (χ3n) is 4.11. The van der Waals surface area contributed by atoms with E-state index in [0.717, 1.165) is 12.8 Å². The monoisotopic (exact) mass is 276 g/mol. The minimum Gasteiger partial charge on any atom is -0.391 e. The normalized spacial score (nSPS) is 24.6. The molecular formula is C17H24O3. The van der Waals surface area contributed by atoms with E-state index in [1.165, 1.54) is 5.56 Å². The average molecular weight is 276 g/mol. The molecule has 20 heavy (non-hydrogen) atoms. The second-order valence-electron chi connectivity index (χ2n) is 5.59. The molecule has 0 amide bonds. The first-order chi connectivity index (χ1) is 9.70. The van der Waals surface area contributed by atoms with Gasteiger partial charge in [-0.25, -0.2) is 0 Å². The molecule has 2 rings (SSSR count). The Kier molecular flexibility index (Phi) is 5.74. The van der Waals surface area contributed by atoms with Gasteiger partial charge in [-0.05, 0) is 37.7 Å². The maximum absolute atomic E-state index is 12.0. The Labute approximate surface area is 121 Å². The van der Waals surface area contributed by atoms with Gasteiger partial charge in [-0.1, -0.05) is 30.3 Å². The molecule has 3 atom stereocenters. The minimum absolute atomic E-state index is 0.0237. The number of Topliss-reactive ketones (excluding diaryl/α,β-unsaturated/α-hetero) is 1. The maximum Gasteiger partial charge on any atom is 0.136 e. The highest BCUT2D eigenvalue weighted by Crippen LogP contribution is 2.36. The summed E-state index contributed by atoms with van der Waals surface area (Å²) in [5.41, 5.74) is 1.31. The van der Waals surface area contributed by atoms with Crippen LogP contribution in [0.25, 0.3) is 0 Å². The van der Waals surface area contributed by atoms with Crippen LogP contribution in [0.5, 0.6) is 0 Å². The van der Waals surface area contributed by atoms with Gasteiger partial charge in [-0.15, -0.1) is 0 Å². The fourth-order valence-corrected chi connectivity index (χ4v) is 3.02. The molecule has 1 aromatic rings. The quantitative estimate of drug-likeness (QED) is 0.869. The number of ketones is 1. The van der Waals surface area contributed by atoms with Crippen LogP contribution in [0.4, 0.5) is 0 Å². The topological polar surface area (TPSA) is 46.5 Å². The lowest BCUT2D eigenvalue weighted by Crippen LogP contribution is -2.29. The molecule has 110 valence electrons. The van der Waals surface area contributed by atoms with Crippen LogP contribution in [-0.2, 0) is 9.53 Å². The summed E-state index contributed by atoms with van der Waals surface area (Å²) >= 11 is 0. The summed E-state index contributed by atoms with van der Waals surface area (Å²) in [6, 6.07) is 10.4. The number of aliphatic hydroxyl groups excluding tert-OH is 1. The number of hydrogen-bond acceptors (Lipinski definition) is 3. The molecule has 0 saturated heterocycles. The van der Waals surface area contributed by atoms with Crippen molar-refractivity contribution in [3.05, 3.63) is 35.9 Å². The van der Waals surface area contributed by atoms with E-state index in [0.29, 0.717) is 37.8 Å². The van der Waals surface area contributed by atoms with Crippen molar-refractivity contribution in [3.8, 4) is 0 Å². The number of ether oxygens (including phenoxy) is 1. The largest absolute Gasteiger partial charge is 0.391 e. The third-order valence-corrected chi connectivity index (χ3v) is 4.11. The molecule has 1 N–H and O–H groups in total. The van der Waals surface area contributed by atoms with Crippen LogP contribution in [0.2, 0.25) is 0 Å². The van der Waals surface area contributed by atoms with Gasteiger partial charge in [-0.3, -0.25) is 4.79 Å². The Hall–Kier alpha value is -1.19. The summed E-state index contributed by atoms with van der Waals surface area (Å²) < 4.78 is 5.22. The van der Waals surface area contributed by atoms with Crippen molar-refractivity contribution in [1.82, 2.24) is 0 Å². The van der Waals surface area contributed by atoms with Crippen LogP contribution >= 0.6 is 0 Å². The zero-order valence-electron chi connectivity index (χ0n) is 12.1. The van der Waals surface area contributed by atoms with Gasteiger partial charge in [0.05, 0.1) is 12.7 Å². The van der Waals surface area contributed by atoms with Crippen LogP contribution in [-0.4, -0.2) is 30.2 Å². The number of carbonyl (C=O) groups is 1. The maximum atomic E-state index is 12.0. The van der Waals surface area contributed by atoms with E-state index in [9.17, 15) is 9.90 Å². The summed E-state index contributed by atoms with van der Waals surface area (Å²) in [6.07, 6.45) is 2.42. The molecule has 1 aromatic carbocycles. The Morgan fingerprint density at radius 2 is 2.10 bits per heavy atom. The summed E-state index contributed by atoms with van der Waals surface area (Å²) in [5.74, 6) is 0.718. The van der Waals surface area contributed by atoms with E-state index >= 15 is 0 Å². The van der Waals surface area contributed by atoms with E-state index < -0.39 is 6.10 Å². The minimum atomic E-state index is -0.529. The number of benzene rings is 1. The van der Waals surface area contributed by atoms with Crippen LogP contribution in [0.1, 0.15) is 44.1 Å². The van der Waals surface area contributed by atoms with Crippen LogP contribution in [0, 0.1) is 5.92 Å². The Bertz CT molecular complexity index is 416. The molecule has 1 aliphatic rings. The van der Waals surface area contributed by atoms with Gasteiger partial charge in [0.25, 0.3) is 0 Å². The molecule has 0 heterocycles. The standard InChI is InChI=1S/C17H24O3/c1-2-20-12-16(18)11-15-10-14(8-9-17(15)19)13-6-4-3-5-7-13/h3-7,14-16,18H,2,8-12H2,1H3. The summed E-state index contributed by atoms with van der Waals surface area (Å²) in [7, 11) is 0. The van der Waals surface area contributed by atoms with Gasteiger partial charge in [0.2, 0.25) is 0 Å². The van der Waals surface area contributed by atoms with Gasteiger partial charge >= 0.3 is 0 Å². The zero-order chi connectivity index (χ0) is 14.4.